The molecule has 0 aromatic heterocycles. The number of hydrogen-bond acceptors (Lipinski definition) is 4. The Morgan fingerprint density at radius 3 is 2.43 bits per heavy atom. The van der Waals surface area contributed by atoms with Gasteiger partial charge >= 0.3 is 5.69 Å². The number of ether oxygens (including phenoxy) is 1. The first kappa shape index (κ1) is 15.4. The zero-order valence-electron chi connectivity index (χ0n) is 11.1. The second-order valence-corrected chi connectivity index (χ2v) is 5.15. The van der Waals surface area contributed by atoms with Crippen LogP contribution in [0.3, 0.4) is 0 Å². The summed E-state index contributed by atoms with van der Waals surface area (Å²) in [7, 11) is 1.40. The molecule has 0 saturated heterocycles. The van der Waals surface area contributed by atoms with E-state index < -0.39 is 4.92 Å². The Morgan fingerprint density at radius 1 is 1.19 bits per heavy atom. The van der Waals surface area contributed by atoms with Crippen molar-refractivity contribution in [2.75, 3.05) is 12.4 Å². The molecule has 0 heterocycles. The fraction of sp³-hybridized carbons (Fsp3) is 0.143. The van der Waals surface area contributed by atoms with Gasteiger partial charge < -0.3 is 10.1 Å². The van der Waals surface area contributed by atoms with Crippen LogP contribution < -0.4 is 10.1 Å². The lowest BCUT2D eigenvalue weighted by atomic mass is 10.2. The van der Waals surface area contributed by atoms with Gasteiger partial charge in [-0.2, -0.15) is 0 Å². The van der Waals surface area contributed by atoms with Gasteiger partial charge in [0.2, 0.25) is 0 Å². The molecule has 0 aliphatic heterocycles. The second kappa shape index (κ2) is 6.65. The topological polar surface area (TPSA) is 64.4 Å². The summed E-state index contributed by atoms with van der Waals surface area (Å²) in [5.74, 6) is 0.231. The predicted molar refractivity (Wildman–Crippen MR) is 83.4 cm³/mol. The Bertz CT molecular complexity index is 657. The SMILES string of the molecule is COc1ccc(CNc2cc(Cl)cc(Cl)c2)cc1[N+](=O)[O-]. The Hall–Kier alpha value is -1.98. The maximum atomic E-state index is 11.0. The summed E-state index contributed by atoms with van der Waals surface area (Å²) in [6.07, 6.45) is 0. The van der Waals surface area contributed by atoms with Crippen LogP contribution in [0.5, 0.6) is 5.75 Å². The molecule has 0 bridgehead atoms. The highest BCUT2D eigenvalue weighted by molar-refractivity contribution is 6.35. The lowest BCUT2D eigenvalue weighted by molar-refractivity contribution is -0.385. The summed E-state index contributed by atoms with van der Waals surface area (Å²) in [6, 6.07) is 9.88. The highest BCUT2D eigenvalue weighted by Crippen LogP contribution is 2.28. The third-order valence-corrected chi connectivity index (χ3v) is 3.24. The number of rotatable bonds is 5. The number of nitrogens with one attached hydrogen (secondary N) is 1. The van der Waals surface area contributed by atoms with Gasteiger partial charge in [-0.05, 0) is 29.8 Å². The van der Waals surface area contributed by atoms with Crippen LogP contribution in [0, 0.1) is 10.1 Å². The summed E-state index contributed by atoms with van der Waals surface area (Å²) in [5.41, 5.74) is 1.42. The minimum absolute atomic E-state index is 0.0686. The van der Waals surface area contributed by atoms with Gasteiger partial charge in [0.1, 0.15) is 0 Å². The van der Waals surface area contributed by atoms with Crippen LogP contribution in [-0.4, -0.2) is 12.0 Å². The molecule has 0 spiro atoms. The molecule has 0 amide bonds. The molecular formula is C14H12Cl2N2O3. The minimum atomic E-state index is -0.474. The molecule has 7 heteroatoms. The van der Waals surface area contributed by atoms with E-state index in [2.05, 4.69) is 5.32 Å². The summed E-state index contributed by atoms with van der Waals surface area (Å²) >= 11 is 11.8. The van der Waals surface area contributed by atoms with Crippen molar-refractivity contribution in [2.24, 2.45) is 0 Å². The van der Waals surface area contributed by atoms with Gasteiger partial charge in [-0.1, -0.05) is 29.3 Å². The van der Waals surface area contributed by atoms with Gasteiger partial charge in [0.25, 0.3) is 0 Å². The molecule has 2 aromatic carbocycles. The monoisotopic (exact) mass is 326 g/mol. The fourth-order valence-corrected chi connectivity index (χ4v) is 2.37. The van der Waals surface area contributed by atoms with E-state index in [1.54, 1.807) is 30.3 Å². The molecule has 21 heavy (non-hydrogen) atoms. The van der Waals surface area contributed by atoms with Crippen molar-refractivity contribution < 1.29 is 9.66 Å². The third-order valence-electron chi connectivity index (χ3n) is 2.80. The first-order valence-electron chi connectivity index (χ1n) is 6.01. The van der Waals surface area contributed by atoms with Gasteiger partial charge in [0, 0.05) is 28.3 Å². The van der Waals surface area contributed by atoms with E-state index in [0.717, 1.165) is 11.3 Å². The van der Waals surface area contributed by atoms with E-state index in [4.69, 9.17) is 27.9 Å². The average molecular weight is 327 g/mol. The van der Waals surface area contributed by atoms with Gasteiger partial charge in [0.15, 0.2) is 5.75 Å². The summed E-state index contributed by atoms with van der Waals surface area (Å²) < 4.78 is 4.96. The molecule has 0 fully saturated rings. The second-order valence-electron chi connectivity index (χ2n) is 4.27. The maximum Gasteiger partial charge on any atom is 0.311 e. The Balaban J connectivity index is 2.16. The largest absolute Gasteiger partial charge is 0.490 e. The molecule has 2 rings (SSSR count). The van der Waals surface area contributed by atoms with Crippen LogP contribution in [0.15, 0.2) is 36.4 Å². The highest BCUT2D eigenvalue weighted by Gasteiger charge is 2.14. The number of halogens is 2. The summed E-state index contributed by atoms with van der Waals surface area (Å²) in [5, 5.41) is 15.1. The normalized spacial score (nSPS) is 10.2. The average Bonchev–Trinajstić information content (AvgIpc) is 2.43. The van der Waals surface area contributed by atoms with E-state index in [9.17, 15) is 10.1 Å². The fourth-order valence-electron chi connectivity index (χ4n) is 1.85. The van der Waals surface area contributed by atoms with Crippen LogP contribution >= 0.6 is 23.2 Å². The first-order valence-corrected chi connectivity index (χ1v) is 6.76. The zero-order chi connectivity index (χ0) is 15.4. The number of benzene rings is 2. The number of nitro groups is 1. The van der Waals surface area contributed by atoms with Crippen LogP contribution in [0.25, 0.3) is 0 Å². The zero-order valence-corrected chi connectivity index (χ0v) is 12.6. The molecule has 0 aliphatic carbocycles. The van der Waals surface area contributed by atoms with Crippen molar-refractivity contribution in [3.05, 3.63) is 62.1 Å². The number of nitro benzene ring substituents is 1. The molecule has 110 valence electrons. The Morgan fingerprint density at radius 2 is 1.86 bits per heavy atom. The first-order chi connectivity index (χ1) is 9.99. The Kier molecular flexibility index (Phi) is 4.88. The van der Waals surface area contributed by atoms with Gasteiger partial charge in [-0.25, -0.2) is 0 Å². The van der Waals surface area contributed by atoms with Crippen molar-refractivity contribution >= 4 is 34.6 Å². The Labute approximate surface area is 131 Å². The van der Waals surface area contributed by atoms with Crippen LogP contribution in [0.1, 0.15) is 5.56 Å². The number of hydrogen-bond donors (Lipinski definition) is 1. The quantitative estimate of drug-likeness (QED) is 0.648. The van der Waals surface area contributed by atoms with Crippen molar-refractivity contribution in [3.63, 3.8) is 0 Å². The smallest absolute Gasteiger partial charge is 0.311 e. The molecule has 0 unspecified atom stereocenters. The van der Waals surface area contributed by atoms with Gasteiger partial charge in [0.05, 0.1) is 12.0 Å². The molecule has 1 N–H and O–H groups in total. The molecule has 2 aromatic rings. The molecule has 0 aliphatic rings. The van der Waals surface area contributed by atoms with Crippen LogP contribution in [0.2, 0.25) is 10.0 Å². The van der Waals surface area contributed by atoms with E-state index in [1.807, 2.05) is 0 Å². The lowest BCUT2D eigenvalue weighted by Gasteiger charge is -2.09. The van der Waals surface area contributed by atoms with Crippen molar-refractivity contribution in [3.8, 4) is 5.75 Å². The minimum Gasteiger partial charge on any atom is -0.490 e. The van der Waals surface area contributed by atoms with E-state index in [0.29, 0.717) is 16.6 Å². The van der Waals surface area contributed by atoms with E-state index >= 15 is 0 Å². The van der Waals surface area contributed by atoms with Crippen molar-refractivity contribution in [1.29, 1.82) is 0 Å². The molecule has 0 radical (unpaired) electrons. The summed E-state index contributed by atoms with van der Waals surface area (Å²) in [6.45, 7) is 0.404. The third kappa shape index (κ3) is 4.00. The predicted octanol–water partition coefficient (Wildman–Crippen LogP) is 4.52. The van der Waals surface area contributed by atoms with E-state index in [-0.39, 0.29) is 11.4 Å². The van der Waals surface area contributed by atoms with Gasteiger partial charge in [-0.3, -0.25) is 10.1 Å². The van der Waals surface area contributed by atoms with Crippen molar-refractivity contribution in [2.45, 2.75) is 6.54 Å². The molecular weight excluding hydrogens is 315 g/mol. The molecule has 0 atom stereocenters. The van der Waals surface area contributed by atoms with Crippen LogP contribution in [0.4, 0.5) is 11.4 Å². The molecule has 5 nitrogen and oxygen atoms in total. The van der Waals surface area contributed by atoms with E-state index in [1.165, 1.54) is 13.2 Å². The summed E-state index contributed by atoms with van der Waals surface area (Å²) in [4.78, 5) is 10.5. The molecule has 0 saturated carbocycles. The number of nitrogens with zero attached hydrogens (tertiary/aromatic N) is 1. The van der Waals surface area contributed by atoms with Crippen molar-refractivity contribution in [1.82, 2.24) is 0 Å². The maximum absolute atomic E-state index is 11.0. The number of anilines is 1. The lowest BCUT2D eigenvalue weighted by Crippen LogP contribution is -2.01. The van der Waals surface area contributed by atoms with Gasteiger partial charge in [-0.15, -0.1) is 0 Å². The highest BCUT2D eigenvalue weighted by atomic mass is 35.5. The number of methoxy groups -OCH3 is 1. The van der Waals surface area contributed by atoms with Crippen LogP contribution in [-0.2, 0) is 6.54 Å². The standard InChI is InChI=1S/C14H12Cl2N2O3/c1-21-14-3-2-9(4-13(14)18(19)20)8-17-12-6-10(15)5-11(16)7-12/h2-7,17H,8H2,1H3.